The van der Waals surface area contributed by atoms with Crippen molar-refractivity contribution in [3.05, 3.63) is 28.8 Å². The zero-order chi connectivity index (χ0) is 13.3. The maximum absolute atomic E-state index is 10.5. The van der Waals surface area contributed by atoms with Gasteiger partial charge in [-0.15, -0.1) is 0 Å². The molecule has 3 rings (SSSR count). The number of aryl methyl sites for hydroxylation is 1. The highest BCUT2D eigenvalue weighted by molar-refractivity contribution is 5.50. The van der Waals surface area contributed by atoms with Gasteiger partial charge in [0.15, 0.2) is 0 Å². The van der Waals surface area contributed by atoms with Crippen molar-refractivity contribution in [2.45, 2.75) is 63.2 Å². The molecule has 0 amide bonds. The van der Waals surface area contributed by atoms with E-state index in [-0.39, 0.29) is 5.41 Å². The molecule has 104 valence electrons. The van der Waals surface area contributed by atoms with Crippen molar-refractivity contribution in [3.63, 3.8) is 0 Å². The number of fused-ring (bicyclic) bond motifs is 1. The Labute approximate surface area is 116 Å². The average molecular weight is 259 g/mol. The fourth-order valence-corrected chi connectivity index (χ4v) is 4.19. The summed E-state index contributed by atoms with van der Waals surface area (Å²) in [6.07, 6.45) is 10.9. The van der Waals surface area contributed by atoms with E-state index in [9.17, 15) is 5.11 Å². The van der Waals surface area contributed by atoms with Gasteiger partial charge in [0, 0.05) is 17.5 Å². The van der Waals surface area contributed by atoms with E-state index in [0.29, 0.717) is 12.3 Å². The Morgan fingerprint density at radius 1 is 1.00 bits per heavy atom. The zero-order valence-electron chi connectivity index (χ0n) is 11.8. The Morgan fingerprint density at radius 2 is 1.74 bits per heavy atom. The van der Waals surface area contributed by atoms with Crippen LogP contribution in [0, 0.1) is 0 Å². The molecule has 0 saturated heterocycles. The summed E-state index contributed by atoms with van der Waals surface area (Å²) >= 11 is 0. The minimum absolute atomic E-state index is 0.0553. The second-order valence-corrected chi connectivity index (χ2v) is 6.35. The molecule has 2 aliphatic rings. The van der Waals surface area contributed by atoms with Crippen LogP contribution < -0.4 is 5.73 Å². The second kappa shape index (κ2) is 5.16. The maximum Gasteiger partial charge on any atom is 0.119 e. The van der Waals surface area contributed by atoms with Gasteiger partial charge < -0.3 is 10.8 Å². The molecule has 0 bridgehead atoms. The van der Waals surface area contributed by atoms with Crippen molar-refractivity contribution in [1.29, 1.82) is 0 Å². The van der Waals surface area contributed by atoms with Crippen molar-refractivity contribution in [3.8, 4) is 5.75 Å². The first kappa shape index (κ1) is 13.0. The van der Waals surface area contributed by atoms with Crippen LogP contribution in [0.4, 0.5) is 0 Å². The minimum Gasteiger partial charge on any atom is -0.508 e. The molecule has 0 heterocycles. The molecule has 1 aromatic rings. The molecule has 2 heteroatoms. The lowest BCUT2D eigenvalue weighted by atomic mass is 9.74. The highest BCUT2D eigenvalue weighted by Crippen LogP contribution is 2.47. The predicted molar refractivity (Wildman–Crippen MR) is 78.6 cm³/mol. The van der Waals surface area contributed by atoms with Crippen molar-refractivity contribution in [1.82, 2.24) is 0 Å². The molecule has 0 radical (unpaired) electrons. The standard InChI is InChI=1S/C17H25NO/c18-12-17(10-4-5-11-17)16-14-7-3-1-2-6-13(14)8-9-15(16)19/h8-9,19H,1-7,10-12,18H2. The van der Waals surface area contributed by atoms with E-state index in [1.54, 1.807) is 0 Å². The lowest BCUT2D eigenvalue weighted by Gasteiger charge is -2.32. The molecule has 19 heavy (non-hydrogen) atoms. The monoisotopic (exact) mass is 259 g/mol. The molecule has 0 aromatic heterocycles. The largest absolute Gasteiger partial charge is 0.508 e. The summed E-state index contributed by atoms with van der Waals surface area (Å²) in [4.78, 5) is 0. The third-order valence-electron chi connectivity index (χ3n) is 5.24. The molecule has 0 unspecified atom stereocenters. The lowest BCUT2D eigenvalue weighted by Crippen LogP contribution is -2.33. The number of phenolic OH excluding ortho intramolecular Hbond substituents is 1. The van der Waals surface area contributed by atoms with E-state index in [4.69, 9.17) is 5.73 Å². The van der Waals surface area contributed by atoms with Gasteiger partial charge in [-0.25, -0.2) is 0 Å². The van der Waals surface area contributed by atoms with Gasteiger partial charge in [0.2, 0.25) is 0 Å². The number of benzene rings is 1. The van der Waals surface area contributed by atoms with E-state index in [1.165, 1.54) is 55.2 Å². The molecular weight excluding hydrogens is 234 g/mol. The van der Waals surface area contributed by atoms with E-state index >= 15 is 0 Å². The Kier molecular flexibility index (Phi) is 3.53. The Balaban J connectivity index is 2.13. The zero-order valence-corrected chi connectivity index (χ0v) is 11.8. The molecule has 3 N–H and O–H groups in total. The molecule has 1 fully saturated rings. The molecule has 0 atom stereocenters. The summed E-state index contributed by atoms with van der Waals surface area (Å²) in [5.41, 5.74) is 10.3. The first-order chi connectivity index (χ1) is 9.27. The van der Waals surface area contributed by atoms with Crippen LogP contribution >= 0.6 is 0 Å². The molecule has 1 aromatic carbocycles. The maximum atomic E-state index is 10.5. The minimum atomic E-state index is 0.0553. The van der Waals surface area contributed by atoms with Crippen molar-refractivity contribution < 1.29 is 5.11 Å². The highest BCUT2D eigenvalue weighted by atomic mass is 16.3. The molecule has 0 spiro atoms. The van der Waals surface area contributed by atoms with E-state index < -0.39 is 0 Å². The van der Waals surface area contributed by atoms with E-state index in [0.717, 1.165) is 19.3 Å². The third-order valence-corrected chi connectivity index (χ3v) is 5.24. The topological polar surface area (TPSA) is 46.2 Å². The van der Waals surface area contributed by atoms with Gasteiger partial charge >= 0.3 is 0 Å². The molecule has 2 nitrogen and oxygen atoms in total. The van der Waals surface area contributed by atoms with E-state index in [2.05, 4.69) is 6.07 Å². The smallest absolute Gasteiger partial charge is 0.119 e. The lowest BCUT2D eigenvalue weighted by molar-refractivity contribution is 0.401. The van der Waals surface area contributed by atoms with Gasteiger partial charge in [-0.1, -0.05) is 25.3 Å². The number of rotatable bonds is 2. The second-order valence-electron chi connectivity index (χ2n) is 6.35. The van der Waals surface area contributed by atoms with Gasteiger partial charge in [0.25, 0.3) is 0 Å². The van der Waals surface area contributed by atoms with Crippen LogP contribution in [-0.2, 0) is 18.3 Å². The summed E-state index contributed by atoms with van der Waals surface area (Å²) in [6.45, 7) is 0.678. The first-order valence-corrected chi connectivity index (χ1v) is 7.81. The quantitative estimate of drug-likeness (QED) is 0.799. The fraction of sp³-hybridized carbons (Fsp3) is 0.647. The van der Waals surface area contributed by atoms with Crippen molar-refractivity contribution in [2.75, 3.05) is 6.54 Å². The number of nitrogens with two attached hydrogens (primary N) is 1. The summed E-state index contributed by atoms with van der Waals surface area (Å²) in [7, 11) is 0. The summed E-state index contributed by atoms with van der Waals surface area (Å²) in [6, 6.07) is 4.05. The molecule has 1 saturated carbocycles. The Morgan fingerprint density at radius 3 is 2.47 bits per heavy atom. The number of aromatic hydroxyl groups is 1. The van der Waals surface area contributed by atoms with Gasteiger partial charge in [-0.3, -0.25) is 0 Å². The Bertz CT molecular complexity index is 461. The van der Waals surface area contributed by atoms with Crippen LogP contribution in [0.1, 0.15) is 61.6 Å². The van der Waals surface area contributed by atoms with Crippen LogP contribution in [0.15, 0.2) is 12.1 Å². The molecule has 2 aliphatic carbocycles. The van der Waals surface area contributed by atoms with Crippen LogP contribution in [-0.4, -0.2) is 11.7 Å². The normalized spacial score (nSPS) is 21.9. The van der Waals surface area contributed by atoms with Gasteiger partial charge in [0.1, 0.15) is 5.75 Å². The van der Waals surface area contributed by atoms with Crippen LogP contribution in [0.25, 0.3) is 0 Å². The first-order valence-electron chi connectivity index (χ1n) is 7.81. The van der Waals surface area contributed by atoms with Crippen LogP contribution in [0.3, 0.4) is 0 Å². The average Bonchev–Trinajstić information content (AvgIpc) is 2.78. The number of hydrogen-bond donors (Lipinski definition) is 2. The van der Waals surface area contributed by atoms with Crippen LogP contribution in [0.2, 0.25) is 0 Å². The Hall–Kier alpha value is -1.02. The fourth-order valence-electron chi connectivity index (χ4n) is 4.19. The third kappa shape index (κ3) is 2.16. The SMILES string of the molecule is NCC1(c2c(O)ccc3c2CCCCC3)CCCC1. The summed E-state index contributed by atoms with van der Waals surface area (Å²) in [5.74, 6) is 0.494. The number of phenols is 1. The van der Waals surface area contributed by atoms with Gasteiger partial charge in [-0.2, -0.15) is 0 Å². The van der Waals surface area contributed by atoms with Crippen molar-refractivity contribution in [2.24, 2.45) is 5.73 Å². The van der Waals surface area contributed by atoms with Crippen molar-refractivity contribution >= 4 is 0 Å². The number of hydrogen-bond acceptors (Lipinski definition) is 2. The summed E-state index contributed by atoms with van der Waals surface area (Å²) in [5, 5.41) is 10.5. The molecule has 0 aliphatic heterocycles. The van der Waals surface area contributed by atoms with E-state index in [1.807, 2.05) is 6.07 Å². The summed E-state index contributed by atoms with van der Waals surface area (Å²) < 4.78 is 0. The van der Waals surface area contributed by atoms with Gasteiger partial charge in [-0.05, 0) is 55.7 Å². The van der Waals surface area contributed by atoms with Crippen LogP contribution in [0.5, 0.6) is 5.75 Å². The van der Waals surface area contributed by atoms with Gasteiger partial charge in [0.05, 0.1) is 0 Å². The predicted octanol–water partition coefficient (Wildman–Crippen LogP) is 3.43. The highest BCUT2D eigenvalue weighted by Gasteiger charge is 2.38. The molecular formula is C17H25NO.